The zero-order chi connectivity index (χ0) is 20.1. The number of hydrogen-bond acceptors (Lipinski definition) is 3. The first-order valence-electron chi connectivity index (χ1n) is 8.39. The van der Waals surface area contributed by atoms with Crippen molar-refractivity contribution in [3.63, 3.8) is 0 Å². The molecule has 0 fully saturated rings. The quantitative estimate of drug-likeness (QED) is 0.361. The lowest BCUT2D eigenvalue weighted by Crippen LogP contribution is -2.03. The summed E-state index contributed by atoms with van der Waals surface area (Å²) >= 11 is 21.9. The Morgan fingerprint density at radius 1 is 0.964 bits per heavy atom. The van der Waals surface area contributed by atoms with Gasteiger partial charge in [0.2, 0.25) is 0 Å². The van der Waals surface area contributed by atoms with Crippen LogP contribution in [-0.4, -0.2) is 7.11 Å². The van der Waals surface area contributed by atoms with Crippen molar-refractivity contribution in [3.05, 3.63) is 85.3 Å². The number of methoxy groups -OCH3 is 1. The molecule has 28 heavy (non-hydrogen) atoms. The van der Waals surface area contributed by atoms with Crippen molar-refractivity contribution >= 4 is 56.4 Å². The fourth-order valence-corrected chi connectivity index (χ4v) is 3.88. The Bertz CT molecular complexity index is 982. The van der Waals surface area contributed by atoms with Crippen molar-refractivity contribution in [2.75, 3.05) is 12.4 Å². The van der Waals surface area contributed by atoms with Gasteiger partial charge >= 0.3 is 0 Å². The summed E-state index contributed by atoms with van der Waals surface area (Å²) in [6, 6.07) is 16.8. The average Bonchev–Trinajstić information content (AvgIpc) is 2.67. The van der Waals surface area contributed by atoms with Crippen LogP contribution in [0.15, 0.2) is 59.1 Å². The summed E-state index contributed by atoms with van der Waals surface area (Å²) in [5.74, 6) is 1.23. The third-order valence-corrected chi connectivity index (χ3v) is 5.54. The molecule has 0 radical (unpaired) electrons. The molecule has 0 bridgehead atoms. The molecule has 0 spiro atoms. The monoisotopic (exact) mass is 499 g/mol. The molecule has 7 heteroatoms. The lowest BCUT2D eigenvalue weighted by atomic mass is 10.2. The van der Waals surface area contributed by atoms with Gasteiger partial charge in [0.15, 0.2) is 11.5 Å². The molecule has 0 saturated carbocycles. The first-order chi connectivity index (χ1) is 13.5. The third kappa shape index (κ3) is 5.26. The molecular formula is C21H17BrCl3NO2. The summed E-state index contributed by atoms with van der Waals surface area (Å²) in [5, 5.41) is 5.14. The summed E-state index contributed by atoms with van der Waals surface area (Å²) in [6.07, 6.45) is 0. The molecule has 0 amide bonds. The van der Waals surface area contributed by atoms with Crippen molar-refractivity contribution < 1.29 is 9.47 Å². The topological polar surface area (TPSA) is 30.5 Å². The number of ether oxygens (including phenoxy) is 2. The van der Waals surface area contributed by atoms with Crippen LogP contribution < -0.4 is 14.8 Å². The van der Waals surface area contributed by atoms with E-state index in [0.717, 1.165) is 21.3 Å². The Labute approximate surface area is 187 Å². The highest BCUT2D eigenvalue weighted by molar-refractivity contribution is 9.10. The van der Waals surface area contributed by atoms with Gasteiger partial charge in [0.25, 0.3) is 0 Å². The fraction of sp³-hybridized carbons (Fsp3) is 0.143. The van der Waals surface area contributed by atoms with E-state index in [1.54, 1.807) is 19.2 Å². The Hall–Kier alpha value is -1.59. The molecule has 3 aromatic carbocycles. The lowest BCUT2D eigenvalue weighted by Gasteiger charge is -2.16. The van der Waals surface area contributed by atoms with Gasteiger partial charge in [0.05, 0.1) is 22.3 Å². The van der Waals surface area contributed by atoms with Crippen molar-refractivity contribution in [1.29, 1.82) is 0 Å². The van der Waals surface area contributed by atoms with E-state index in [-0.39, 0.29) is 0 Å². The summed E-state index contributed by atoms with van der Waals surface area (Å²) in [6.45, 7) is 0.879. The van der Waals surface area contributed by atoms with Gasteiger partial charge in [-0.3, -0.25) is 0 Å². The SMILES string of the molecule is COc1cc(CNc2ccccc2Cl)cc(Br)c1OCc1ccc(Cl)cc1Cl. The molecule has 3 aromatic rings. The van der Waals surface area contributed by atoms with Crippen LogP contribution in [0.3, 0.4) is 0 Å². The molecule has 0 atom stereocenters. The highest BCUT2D eigenvalue weighted by Gasteiger charge is 2.13. The highest BCUT2D eigenvalue weighted by Crippen LogP contribution is 2.38. The average molecular weight is 502 g/mol. The summed E-state index contributed by atoms with van der Waals surface area (Å²) < 4.78 is 12.3. The number of anilines is 1. The molecular weight excluding hydrogens is 484 g/mol. The van der Waals surface area contributed by atoms with E-state index in [2.05, 4.69) is 21.2 Å². The minimum atomic E-state index is 0.294. The summed E-state index contributed by atoms with van der Waals surface area (Å²) in [4.78, 5) is 0. The molecule has 0 aliphatic carbocycles. The molecule has 0 heterocycles. The Morgan fingerprint density at radius 2 is 1.75 bits per heavy atom. The minimum Gasteiger partial charge on any atom is -0.493 e. The van der Waals surface area contributed by atoms with Gasteiger partial charge in [-0.2, -0.15) is 0 Å². The normalized spacial score (nSPS) is 10.6. The predicted octanol–water partition coefficient (Wildman–Crippen LogP) is 7.61. The molecule has 1 N–H and O–H groups in total. The van der Waals surface area contributed by atoms with Gasteiger partial charge in [-0.05, 0) is 57.9 Å². The maximum absolute atomic E-state index is 6.22. The van der Waals surface area contributed by atoms with Gasteiger partial charge in [-0.25, -0.2) is 0 Å². The summed E-state index contributed by atoms with van der Waals surface area (Å²) in [5.41, 5.74) is 2.72. The Balaban J connectivity index is 1.75. The van der Waals surface area contributed by atoms with Gasteiger partial charge in [-0.15, -0.1) is 0 Å². The van der Waals surface area contributed by atoms with Crippen LogP contribution in [0.1, 0.15) is 11.1 Å². The largest absolute Gasteiger partial charge is 0.493 e. The van der Waals surface area contributed by atoms with Crippen LogP contribution in [0.25, 0.3) is 0 Å². The summed E-state index contributed by atoms with van der Waals surface area (Å²) in [7, 11) is 1.61. The highest BCUT2D eigenvalue weighted by atomic mass is 79.9. The molecule has 0 unspecified atom stereocenters. The third-order valence-electron chi connectivity index (χ3n) is 4.03. The standard InChI is InChI=1S/C21H17BrCl3NO2/c1-27-20-9-13(11-26-19-5-3-2-4-17(19)24)8-16(22)21(20)28-12-14-6-7-15(23)10-18(14)25/h2-10,26H,11-12H2,1H3. The molecule has 0 saturated heterocycles. The number of benzene rings is 3. The van der Waals surface area contributed by atoms with Crippen LogP contribution in [0.4, 0.5) is 5.69 Å². The molecule has 0 aromatic heterocycles. The van der Waals surface area contributed by atoms with E-state index >= 15 is 0 Å². The maximum Gasteiger partial charge on any atom is 0.175 e. The first kappa shape index (κ1) is 21.1. The molecule has 3 rings (SSSR count). The van der Waals surface area contributed by atoms with E-state index < -0.39 is 0 Å². The van der Waals surface area contributed by atoms with Crippen LogP contribution >= 0.6 is 50.7 Å². The minimum absolute atomic E-state index is 0.294. The Morgan fingerprint density at radius 3 is 2.46 bits per heavy atom. The van der Waals surface area contributed by atoms with Crippen LogP contribution in [-0.2, 0) is 13.2 Å². The number of hydrogen-bond donors (Lipinski definition) is 1. The van der Waals surface area contributed by atoms with Gasteiger partial charge < -0.3 is 14.8 Å². The van der Waals surface area contributed by atoms with Crippen LogP contribution in [0.5, 0.6) is 11.5 Å². The van der Waals surface area contributed by atoms with E-state index in [1.807, 2.05) is 42.5 Å². The molecule has 0 aliphatic heterocycles. The zero-order valence-electron chi connectivity index (χ0n) is 14.9. The second-order valence-corrected chi connectivity index (χ2v) is 8.07. The number of halogens is 4. The lowest BCUT2D eigenvalue weighted by molar-refractivity contribution is 0.282. The second kappa shape index (κ2) is 9.75. The molecule has 146 valence electrons. The smallest absolute Gasteiger partial charge is 0.175 e. The number of para-hydroxylation sites is 1. The first-order valence-corrected chi connectivity index (χ1v) is 10.3. The van der Waals surface area contributed by atoms with Crippen molar-refractivity contribution in [3.8, 4) is 11.5 Å². The predicted molar refractivity (Wildman–Crippen MR) is 120 cm³/mol. The maximum atomic E-state index is 6.22. The zero-order valence-corrected chi connectivity index (χ0v) is 18.8. The van der Waals surface area contributed by atoms with Gasteiger partial charge in [0.1, 0.15) is 6.61 Å². The fourth-order valence-electron chi connectivity index (χ4n) is 2.61. The second-order valence-electron chi connectivity index (χ2n) is 5.97. The van der Waals surface area contributed by atoms with E-state index in [4.69, 9.17) is 44.3 Å². The number of rotatable bonds is 7. The van der Waals surface area contributed by atoms with Crippen molar-refractivity contribution in [2.24, 2.45) is 0 Å². The van der Waals surface area contributed by atoms with Crippen LogP contribution in [0, 0.1) is 0 Å². The Kier molecular flexibility index (Phi) is 7.36. The molecule has 3 nitrogen and oxygen atoms in total. The van der Waals surface area contributed by atoms with E-state index in [1.165, 1.54) is 0 Å². The van der Waals surface area contributed by atoms with Crippen LogP contribution in [0.2, 0.25) is 15.1 Å². The van der Waals surface area contributed by atoms with Crippen molar-refractivity contribution in [1.82, 2.24) is 0 Å². The van der Waals surface area contributed by atoms with Gasteiger partial charge in [-0.1, -0.05) is 53.0 Å². The van der Waals surface area contributed by atoms with E-state index in [0.29, 0.717) is 39.7 Å². The number of nitrogens with one attached hydrogen (secondary N) is 1. The van der Waals surface area contributed by atoms with Crippen molar-refractivity contribution in [2.45, 2.75) is 13.2 Å². The molecule has 0 aliphatic rings. The van der Waals surface area contributed by atoms with E-state index in [9.17, 15) is 0 Å². The van der Waals surface area contributed by atoms with Gasteiger partial charge in [0, 0.05) is 22.2 Å².